The second-order valence-corrected chi connectivity index (χ2v) is 9.89. The lowest BCUT2D eigenvalue weighted by Crippen LogP contribution is -2.28. The zero-order chi connectivity index (χ0) is 24.1. The minimum atomic E-state index is -0.0329. The summed E-state index contributed by atoms with van der Waals surface area (Å²) in [6.45, 7) is 5.10. The van der Waals surface area contributed by atoms with Gasteiger partial charge in [0, 0.05) is 6.54 Å². The Balaban J connectivity index is 1.49. The van der Waals surface area contributed by atoms with Crippen LogP contribution in [0.5, 0.6) is 11.5 Å². The lowest BCUT2D eigenvalue weighted by atomic mass is 10.1. The molecular formula is C27H25IN2O3S. The van der Waals surface area contributed by atoms with E-state index in [1.54, 1.807) is 12.0 Å². The number of benzene rings is 3. The molecule has 174 valence electrons. The Morgan fingerprint density at radius 2 is 1.79 bits per heavy atom. The standard InChI is InChI=1S/C27H25IN2O3S/c1-4-30-26(31)25(34-27(30)29-21-10-12-22(32-3)13-11-21)16-20-9-14-24(23(28)15-20)33-17-19-7-5-18(2)6-8-19/h5-16H,4,17H2,1-3H3/b25-16+,29-27?. The van der Waals surface area contributed by atoms with Crippen molar-refractivity contribution < 1.29 is 14.3 Å². The number of carbonyl (C=O) groups is 1. The number of thioether (sulfide) groups is 1. The first-order valence-corrected chi connectivity index (χ1v) is 12.8. The number of aryl methyl sites for hydroxylation is 1. The van der Waals surface area contributed by atoms with Crippen molar-refractivity contribution in [3.8, 4) is 11.5 Å². The average Bonchev–Trinajstić information content (AvgIpc) is 3.13. The Morgan fingerprint density at radius 1 is 1.06 bits per heavy atom. The van der Waals surface area contributed by atoms with Crippen LogP contribution in [0.15, 0.2) is 76.6 Å². The molecule has 1 heterocycles. The molecule has 5 nitrogen and oxygen atoms in total. The maximum atomic E-state index is 13.0. The lowest BCUT2D eigenvalue weighted by Gasteiger charge is -2.12. The highest BCUT2D eigenvalue weighted by Crippen LogP contribution is 2.35. The third-order valence-electron chi connectivity index (χ3n) is 5.27. The highest BCUT2D eigenvalue weighted by Gasteiger charge is 2.32. The van der Waals surface area contributed by atoms with E-state index in [2.05, 4.69) is 58.8 Å². The minimum absolute atomic E-state index is 0.0329. The van der Waals surface area contributed by atoms with Crippen molar-refractivity contribution in [3.05, 3.63) is 91.9 Å². The summed E-state index contributed by atoms with van der Waals surface area (Å²) in [5, 5.41) is 0.677. The minimum Gasteiger partial charge on any atom is -0.497 e. The van der Waals surface area contributed by atoms with Crippen molar-refractivity contribution in [1.82, 2.24) is 4.90 Å². The maximum absolute atomic E-state index is 13.0. The molecule has 0 spiro atoms. The van der Waals surface area contributed by atoms with Gasteiger partial charge < -0.3 is 9.47 Å². The Labute approximate surface area is 218 Å². The van der Waals surface area contributed by atoms with Crippen LogP contribution in [0.2, 0.25) is 0 Å². The fourth-order valence-electron chi connectivity index (χ4n) is 3.36. The van der Waals surface area contributed by atoms with Crippen molar-refractivity contribution in [3.63, 3.8) is 0 Å². The third-order valence-corrected chi connectivity index (χ3v) is 7.12. The zero-order valence-electron chi connectivity index (χ0n) is 19.2. The van der Waals surface area contributed by atoms with Gasteiger partial charge in [-0.05, 0) is 102 Å². The number of methoxy groups -OCH3 is 1. The van der Waals surface area contributed by atoms with Crippen LogP contribution < -0.4 is 9.47 Å². The Hall–Kier alpha value is -2.78. The number of aliphatic imine (C=N–C) groups is 1. The predicted molar refractivity (Wildman–Crippen MR) is 148 cm³/mol. The van der Waals surface area contributed by atoms with Crippen LogP contribution in [0.1, 0.15) is 23.6 Å². The number of hydrogen-bond acceptors (Lipinski definition) is 5. The molecule has 1 aliphatic heterocycles. The first kappa shape index (κ1) is 24.3. The number of likely N-dealkylation sites (N-methyl/N-ethyl adjacent to an activating group) is 1. The molecule has 4 rings (SSSR count). The van der Waals surface area contributed by atoms with Crippen LogP contribution in [0.25, 0.3) is 6.08 Å². The van der Waals surface area contributed by atoms with E-state index in [9.17, 15) is 4.79 Å². The van der Waals surface area contributed by atoms with Gasteiger partial charge in [-0.3, -0.25) is 9.69 Å². The molecule has 7 heteroatoms. The van der Waals surface area contributed by atoms with Crippen LogP contribution in [0, 0.1) is 10.5 Å². The lowest BCUT2D eigenvalue weighted by molar-refractivity contribution is -0.122. The molecule has 0 radical (unpaired) electrons. The van der Waals surface area contributed by atoms with Gasteiger partial charge in [-0.2, -0.15) is 0 Å². The van der Waals surface area contributed by atoms with Gasteiger partial charge in [-0.15, -0.1) is 0 Å². The van der Waals surface area contributed by atoms with Gasteiger partial charge in [-0.25, -0.2) is 4.99 Å². The van der Waals surface area contributed by atoms with E-state index in [4.69, 9.17) is 9.47 Å². The van der Waals surface area contributed by atoms with Gasteiger partial charge in [0.2, 0.25) is 0 Å². The van der Waals surface area contributed by atoms with Crippen molar-refractivity contribution in [2.75, 3.05) is 13.7 Å². The van der Waals surface area contributed by atoms with Gasteiger partial charge in [0.05, 0.1) is 21.3 Å². The van der Waals surface area contributed by atoms with E-state index in [0.717, 1.165) is 31.9 Å². The third kappa shape index (κ3) is 5.82. The Kier molecular flexibility index (Phi) is 7.95. The Morgan fingerprint density at radius 3 is 2.44 bits per heavy atom. The van der Waals surface area contributed by atoms with Crippen LogP contribution in [0.3, 0.4) is 0 Å². The van der Waals surface area contributed by atoms with E-state index in [1.807, 2.05) is 55.5 Å². The summed E-state index contributed by atoms with van der Waals surface area (Å²) < 4.78 is 12.2. The summed E-state index contributed by atoms with van der Waals surface area (Å²) in [4.78, 5) is 20.0. The Bertz CT molecular complexity index is 1240. The summed E-state index contributed by atoms with van der Waals surface area (Å²) in [7, 11) is 1.63. The monoisotopic (exact) mass is 584 g/mol. The second-order valence-electron chi connectivity index (χ2n) is 7.72. The molecule has 0 saturated carbocycles. The largest absolute Gasteiger partial charge is 0.497 e. The molecule has 0 atom stereocenters. The maximum Gasteiger partial charge on any atom is 0.266 e. The number of rotatable bonds is 7. The first-order valence-electron chi connectivity index (χ1n) is 10.9. The van der Waals surface area contributed by atoms with Crippen molar-refractivity contribution in [2.45, 2.75) is 20.5 Å². The van der Waals surface area contributed by atoms with Gasteiger partial charge in [-0.1, -0.05) is 35.9 Å². The van der Waals surface area contributed by atoms with Crippen molar-refractivity contribution in [2.24, 2.45) is 4.99 Å². The second kappa shape index (κ2) is 11.1. The normalized spacial score (nSPS) is 15.9. The highest BCUT2D eigenvalue weighted by atomic mass is 127. The van der Waals surface area contributed by atoms with E-state index in [0.29, 0.717) is 23.2 Å². The molecule has 3 aromatic carbocycles. The zero-order valence-corrected chi connectivity index (χ0v) is 22.2. The first-order chi connectivity index (χ1) is 16.5. The molecule has 0 aliphatic carbocycles. The summed E-state index contributed by atoms with van der Waals surface area (Å²) in [5.74, 6) is 1.56. The number of amides is 1. The van der Waals surface area contributed by atoms with E-state index in [-0.39, 0.29) is 5.91 Å². The molecular weight excluding hydrogens is 559 g/mol. The number of halogens is 1. The smallest absolute Gasteiger partial charge is 0.266 e. The van der Waals surface area contributed by atoms with Gasteiger partial charge in [0.15, 0.2) is 5.17 Å². The number of ether oxygens (including phenoxy) is 2. The SMILES string of the molecule is CCN1C(=O)/C(=C\c2ccc(OCc3ccc(C)cc3)c(I)c2)SC1=Nc1ccc(OC)cc1. The molecule has 0 unspecified atom stereocenters. The topological polar surface area (TPSA) is 51.1 Å². The number of hydrogen-bond donors (Lipinski definition) is 0. The fraction of sp³-hybridized carbons (Fsp3) is 0.185. The molecule has 1 saturated heterocycles. The van der Waals surface area contributed by atoms with E-state index < -0.39 is 0 Å². The molecule has 0 bridgehead atoms. The van der Waals surface area contributed by atoms with Crippen LogP contribution >= 0.6 is 34.4 Å². The fourth-order valence-corrected chi connectivity index (χ4v) is 5.12. The van der Waals surface area contributed by atoms with Gasteiger partial charge in [0.1, 0.15) is 18.1 Å². The number of nitrogens with zero attached hydrogens (tertiary/aromatic N) is 2. The van der Waals surface area contributed by atoms with Crippen LogP contribution in [-0.4, -0.2) is 29.6 Å². The summed E-state index contributed by atoms with van der Waals surface area (Å²) in [6, 6.07) is 21.8. The van der Waals surface area contributed by atoms with Gasteiger partial charge in [0.25, 0.3) is 5.91 Å². The molecule has 34 heavy (non-hydrogen) atoms. The highest BCUT2D eigenvalue weighted by molar-refractivity contribution is 14.1. The van der Waals surface area contributed by atoms with Crippen molar-refractivity contribution in [1.29, 1.82) is 0 Å². The molecule has 1 aliphatic rings. The molecule has 0 aromatic heterocycles. The molecule has 0 N–H and O–H groups in total. The molecule has 1 amide bonds. The quantitative estimate of drug-likeness (QED) is 0.226. The number of amidine groups is 1. The van der Waals surface area contributed by atoms with Crippen molar-refractivity contribution >= 4 is 57.2 Å². The number of carbonyl (C=O) groups excluding carboxylic acids is 1. The molecule has 1 fully saturated rings. The summed E-state index contributed by atoms with van der Waals surface area (Å²) >= 11 is 3.66. The van der Waals surface area contributed by atoms with Crippen LogP contribution in [-0.2, 0) is 11.4 Å². The van der Waals surface area contributed by atoms with Gasteiger partial charge >= 0.3 is 0 Å². The average molecular weight is 584 g/mol. The summed E-state index contributed by atoms with van der Waals surface area (Å²) in [5.41, 5.74) is 4.09. The van der Waals surface area contributed by atoms with E-state index >= 15 is 0 Å². The van der Waals surface area contributed by atoms with Crippen LogP contribution in [0.4, 0.5) is 5.69 Å². The summed E-state index contributed by atoms with van der Waals surface area (Å²) in [6.07, 6.45) is 1.91. The predicted octanol–water partition coefficient (Wildman–Crippen LogP) is 6.81. The molecule has 3 aromatic rings. The van der Waals surface area contributed by atoms with E-state index in [1.165, 1.54) is 17.3 Å².